The highest BCUT2D eigenvalue weighted by atomic mass is 35.5. The van der Waals surface area contributed by atoms with E-state index < -0.39 is 5.82 Å². The zero-order valence-corrected chi connectivity index (χ0v) is 16.6. The van der Waals surface area contributed by atoms with Gasteiger partial charge in [-0.1, -0.05) is 48.0 Å². The van der Waals surface area contributed by atoms with Crippen molar-refractivity contribution in [1.29, 1.82) is 0 Å². The second-order valence-corrected chi connectivity index (χ2v) is 6.68. The summed E-state index contributed by atoms with van der Waals surface area (Å²) in [7, 11) is 3.04. The van der Waals surface area contributed by atoms with Gasteiger partial charge < -0.3 is 14.2 Å². The number of hydrogen-bond donors (Lipinski definition) is 0. The summed E-state index contributed by atoms with van der Waals surface area (Å²) in [5.74, 6) is -0.0516. The molecule has 4 aromatic rings. The maximum Gasteiger partial charge on any atom is 0.188 e. The lowest BCUT2D eigenvalue weighted by Gasteiger charge is -2.14. The van der Waals surface area contributed by atoms with Gasteiger partial charge in [0.05, 0.1) is 18.8 Å². The Morgan fingerprint density at radius 3 is 2.55 bits per heavy atom. The summed E-state index contributed by atoms with van der Waals surface area (Å²) < 4.78 is 31.8. The van der Waals surface area contributed by atoms with Crippen LogP contribution in [0.2, 0.25) is 5.02 Å². The number of benzene rings is 3. The summed E-state index contributed by atoms with van der Waals surface area (Å²) >= 11 is 6.48. The Labute approximate surface area is 172 Å². The minimum Gasteiger partial charge on any atom is -0.494 e. The van der Waals surface area contributed by atoms with E-state index in [1.54, 1.807) is 18.0 Å². The monoisotopic (exact) mass is 412 g/mol. The average molecular weight is 413 g/mol. The normalized spacial score (nSPS) is 11.0. The molecule has 1 aromatic heterocycles. The lowest BCUT2D eigenvalue weighted by molar-refractivity contribution is 0.0485. The van der Waals surface area contributed by atoms with E-state index in [2.05, 4.69) is 5.10 Å². The summed E-state index contributed by atoms with van der Waals surface area (Å²) in [6.07, 6.45) is 1.55. The van der Waals surface area contributed by atoms with Gasteiger partial charge in [-0.3, -0.25) is 0 Å². The van der Waals surface area contributed by atoms with Crippen LogP contribution in [-0.2, 0) is 4.74 Å². The van der Waals surface area contributed by atoms with Crippen LogP contribution < -0.4 is 9.47 Å². The van der Waals surface area contributed by atoms with Crippen LogP contribution in [0.1, 0.15) is 0 Å². The molecule has 148 valence electrons. The topological polar surface area (TPSA) is 45.5 Å². The number of halogens is 2. The van der Waals surface area contributed by atoms with E-state index >= 15 is 0 Å². The molecule has 0 saturated carbocycles. The molecule has 0 amide bonds. The van der Waals surface area contributed by atoms with Crippen LogP contribution in [0, 0.1) is 5.82 Å². The van der Waals surface area contributed by atoms with Crippen molar-refractivity contribution in [3.05, 3.63) is 71.6 Å². The zero-order valence-electron chi connectivity index (χ0n) is 15.9. The van der Waals surface area contributed by atoms with Gasteiger partial charge in [-0.25, -0.2) is 9.07 Å². The van der Waals surface area contributed by atoms with E-state index in [0.29, 0.717) is 22.3 Å². The molecule has 0 fully saturated rings. The Morgan fingerprint density at radius 1 is 1.03 bits per heavy atom. The van der Waals surface area contributed by atoms with E-state index in [1.807, 2.05) is 48.5 Å². The minimum atomic E-state index is -0.578. The molecule has 0 atom stereocenters. The predicted molar refractivity (Wildman–Crippen MR) is 111 cm³/mol. The van der Waals surface area contributed by atoms with Crippen LogP contribution >= 0.6 is 11.6 Å². The van der Waals surface area contributed by atoms with Crippen LogP contribution in [0.3, 0.4) is 0 Å². The van der Waals surface area contributed by atoms with Crippen LogP contribution in [0.5, 0.6) is 11.5 Å². The number of rotatable bonds is 6. The van der Waals surface area contributed by atoms with Crippen molar-refractivity contribution >= 4 is 22.5 Å². The molecule has 0 radical (unpaired) electrons. The summed E-state index contributed by atoms with van der Waals surface area (Å²) in [5.41, 5.74) is 3.26. The van der Waals surface area contributed by atoms with Crippen LogP contribution in [0.25, 0.3) is 27.7 Å². The van der Waals surface area contributed by atoms with E-state index in [9.17, 15) is 4.39 Å². The molecule has 0 aliphatic carbocycles. The lowest BCUT2D eigenvalue weighted by atomic mass is 10.0. The number of hydrogen-bond acceptors (Lipinski definition) is 4. The second kappa shape index (κ2) is 8.11. The van der Waals surface area contributed by atoms with Crippen molar-refractivity contribution in [3.63, 3.8) is 0 Å². The Balaban J connectivity index is 1.86. The van der Waals surface area contributed by atoms with Gasteiger partial charge in [-0.05, 0) is 29.3 Å². The number of ether oxygens (including phenoxy) is 3. The van der Waals surface area contributed by atoms with Crippen molar-refractivity contribution in [2.75, 3.05) is 21.0 Å². The van der Waals surface area contributed by atoms with Gasteiger partial charge >= 0.3 is 0 Å². The van der Waals surface area contributed by atoms with E-state index in [0.717, 1.165) is 11.1 Å². The standard InChI is InChI=1S/C22H18ClFN2O3/c1-27-13-29-22-17(24)10-16-12-25-26(21(16)20(22)23)18-9-8-15(11-19(18)28-2)14-6-4-3-5-7-14/h3-12H,13H2,1-2H3. The van der Waals surface area contributed by atoms with Gasteiger partial charge in [0.1, 0.15) is 16.5 Å². The zero-order chi connectivity index (χ0) is 20.4. The summed E-state index contributed by atoms with van der Waals surface area (Å²) in [4.78, 5) is 0. The third-order valence-corrected chi connectivity index (χ3v) is 4.89. The van der Waals surface area contributed by atoms with E-state index in [4.69, 9.17) is 25.8 Å². The van der Waals surface area contributed by atoms with Crippen molar-refractivity contribution in [1.82, 2.24) is 9.78 Å². The highest BCUT2D eigenvalue weighted by Crippen LogP contribution is 2.38. The first-order chi connectivity index (χ1) is 14.1. The molecule has 0 aliphatic rings. The molecule has 3 aromatic carbocycles. The molecular formula is C22H18ClFN2O3. The van der Waals surface area contributed by atoms with Crippen LogP contribution in [-0.4, -0.2) is 30.8 Å². The molecule has 7 heteroatoms. The van der Waals surface area contributed by atoms with Crippen LogP contribution in [0.4, 0.5) is 4.39 Å². The Bertz CT molecular complexity index is 1160. The molecule has 0 unspecified atom stereocenters. The fourth-order valence-electron chi connectivity index (χ4n) is 3.20. The van der Waals surface area contributed by atoms with Gasteiger partial charge in [-0.2, -0.15) is 5.10 Å². The van der Waals surface area contributed by atoms with Gasteiger partial charge in [-0.15, -0.1) is 0 Å². The number of nitrogens with zero attached hydrogens (tertiary/aromatic N) is 2. The molecule has 4 rings (SSSR count). The second-order valence-electron chi connectivity index (χ2n) is 6.30. The van der Waals surface area contributed by atoms with Crippen molar-refractivity contribution in [3.8, 4) is 28.3 Å². The SMILES string of the molecule is COCOc1c(F)cc2cnn(-c3ccc(-c4ccccc4)cc3OC)c2c1Cl. The molecule has 29 heavy (non-hydrogen) atoms. The fourth-order valence-corrected chi connectivity index (χ4v) is 3.53. The minimum absolute atomic E-state index is 0.0809. The fraction of sp³-hybridized carbons (Fsp3) is 0.136. The van der Waals surface area contributed by atoms with Gasteiger partial charge in [0, 0.05) is 12.5 Å². The van der Waals surface area contributed by atoms with Gasteiger partial charge in [0.15, 0.2) is 18.4 Å². The van der Waals surface area contributed by atoms with Crippen molar-refractivity contribution in [2.45, 2.75) is 0 Å². The largest absolute Gasteiger partial charge is 0.494 e. The first-order valence-electron chi connectivity index (χ1n) is 8.85. The molecule has 0 saturated heterocycles. The smallest absolute Gasteiger partial charge is 0.188 e. The molecule has 1 heterocycles. The Hall–Kier alpha value is -3.09. The van der Waals surface area contributed by atoms with Gasteiger partial charge in [0.25, 0.3) is 0 Å². The molecule has 0 spiro atoms. The predicted octanol–water partition coefficient (Wildman–Crippen LogP) is 5.48. The van der Waals surface area contributed by atoms with Crippen molar-refractivity contribution in [2.24, 2.45) is 0 Å². The first kappa shape index (κ1) is 19.2. The highest BCUT2D eigenvalue weighted by Gasteiger charge is 2.20. The molecule has 5 nitrogen and oxygen atoms in total. The third kappa shape index (κ3) is 3.52. The first-order valence-corrected chi connectivity index (χ1v) is 9.23. The number of fused-ring (bicyclic) bond motifs is 1. The molecule has 0 bridgehead atoms. The highest BCUT2D eigenvalue weighted by molar-refractivity contribution is 6.36. The summed E-state index contributed by atoms with van der Waals surface area (Å²) in [5, 5.41) is 5.06. The Morgan fingerprint density at radius 2 is 1.83 bits per heavy atom. The maximum absolute atomic E-state index is 14.4. The molecule has 0 N–H and O–H groups in total. The van der Waals surface area contributed by atoms with E-state index in [1.165, 1.54) is 13.2 Å². The number of methoxy groups -OCH3 is 2. The maximum atomic E-state index is 14.4. The molecule has 0 aliphatic heterocycles. The summed E-state index contributed by atoms with van der Waals surface area (Å²) in [6.45, 7) is -0.120. The Kier molecular flexibility index (Phi) is 5.38. The van der Waals surface area contributed by atoms with Crippen molar-refractivity contribution < 1.29 is 18.6 Å². The van der Waals surface area contributed by atoms with Gasteiger partial charge in [0.2, 0.25) is 0 Å². The quantitative estimate of drug-likeness (QED) is 0.393. The molecular weight excluding hydrogens is 395 g/mol. The van der Waals surface area contributed by atoms with Crippen LogP contribution in [0.15, 0.2) is 60.8 Å². The number of aromatic nitrogens is 2. The lowest BCUT2D eigenvalue weighted by Crippen LogP contribution is -2.04. The third-order valence-electron chi connectivity index (χ3n) is 4.54. The van der Waals surface area contributed by atoms with E-state index in [-0.39, 0.29) is 17.6 Å². The average Bonchev–Trinajstić information content (AvgIpc) is 3.17. The summed E-state index contributed by atoms with van der Waals surface area (Å²) in [6, 6.07) is 17.1.